The molecule has 0 aliphatic heterocycles. The lowest BCUT2D eigenvalue weighted by Gasteiger charge is -2.34. The third kappa shape index (κ3) is 11.6. The number of benzene rings is 1. The summed E-state index contributed by atoms with van der Waals surface area (Å²) in [5, 5.41) is 28.5. The second kappa shape index (κ2) is 16.2. The van der Waals surface area contributed by atoms with Crippen molar-refractivity contribution in [3.8, 4) is 0 Å². The third-order valence-corrected chi connectivity index (χ3v) is 12.1. The summed E-state index contributed by atoms with van der Waals surface area (Å²) in [6.45, 7) is 8.82. The molecule has 0 radical (unpaired) electrons. The number of nitrogens with one attached hydrogen (secondary N) is 2. The molecular weight excluding hydrogens is 600 g/mol. The van der Waals surface area contributed by atoms with Gasteiger partial charge in [-0.05, 0) is 81.9 Å². The van der Waals surface area contributed by atoms with Crippen molar-refractivity contribution >= 4 is 33.3 Å². The SMILES string of the molecule is CC(C)C[C@H](O)[C@H](O)[C@H](CC1CCCCC1)NC(=O)[C@H](CC1CC1)NC(=O)[C@H](Cc1ccc(Cl)cc1)CS(=O)(=O)C(C)(C)C. The Morgan fingerprint density at radius 2 is 1.50 bits per heavy atom. The van der Waals surface area contributed by atoms with Crippen LogP contribution in [0.1, 0.15) is 104 Å². The fourth-order valence-corrected chi connectivity index (χ4v) is 7.52. The summed E-state index contributed by atoms with van der Waals surface area (Å²) in [5.74, 6) is -1.33. The number of aliphatic hydroxyl groups is 2. The number of hydrogen-bond acceptors (Lipinski definition) is 6. The van der Waals surface area contributed by atoms with Gasteiger partial charge < -0.3 is 20.8 Å². The van der Waals surface area contributed by atoms with E-state index in [-0.39, 0.29) is 18.1 Å². The zero-order chi connectivity index (χ0) is 32.7. The molecule has 0 unspecified atom stereocenters. The van der Waals surface area contributed by atoms with Gasteiger partial charge in [-0.25, -0.2) is 8.42 Å². The smallest absolute Gasteiger partial charge is 0.242 e. The first-order valence-electron chi connectivity index (χ1n) is 16.5. The molecule has 0 heterocycles. The molecule has 0 bridgehead atoms. The van der Waals surface area contributed by atoms with Crippen molar-refractivity contribution in [2.45, 2.75) is 134 Å². The van der Waals surface area contributed by atoms with Gasteiger partial charge in [0.25, 0.3) is 0 Å². The average molecular weight is 655 g/mol. The van der Waals surface area contributed by atoms with Crippen LogP contribution in [0.3, 0.4) is 0 Å². The van der Waals surface area contributed by atoms with Gasteiger partial charge in [0.05, 0.1) is 28.6 Å². The quantitative estimate of drug-likeness (QED) is 0.193. The van der Waals surface area contributed by atoms with Gasteiger partial charge in [-0.1, -0.05) is 82.5 Å². The molecule has 1 aromatic rings. The van der Waals surface area contributed by atoms with E-state index in [0.717, 1.165) is 44.1 Å². The molecule has 8 nitrogen and oxygen atoms in total. The molecule has 5 atom stereocenters. The van der Waals surface area contributed by atoms with E-state index in [1.807, 2.05) is 13.8 Å². The maximum atomic E-state index is 13.9. The molecule has 1 aromatic carbocycles. The van der Waals surface area contributed by atoms with Crippen molar-refractivity contribution in [1.82, 2.24) is 10.6 Å². The summed E-state index contributed by atoms with van der Waals surface area (Å²) in [7, 11) is -3.65. The Hall–Kier alpha value is -1.68. The number of halogens is 1. The number of amides is 2. The zero-order valence-electron chi connectivity index (χ0n) is 27.2. The first kappa shape index (κ1) is 36.8. The molecule has 0 aromatic heterocycles. The summed E-state index contributed by atoms with van der Waals surface area (Å²) in [6.07, 6.45) is 6.88. The van der Waals surface area contributed by atoms with Crippen LogP contribution >= 0.6 is 11.6 Å². The van der Waals surface area contributed by atoms with Crippen molar-refractivity contribution in [3.05, 3.63) is 34.9 Å². The normalized spacial score (nSPS) is 20.0. The topological polar surface area (TPSA) is 133 Å². The molecule has 2 aliphatic carbocycles. The standard InChI is InChI=1S/C34H55ClN2O6S/c1-22(2)17-30(38)31(39)28(19-23-9-7-6-8-10-23)36-33(41)29(20-25-11-12-25)37-32(40)26(21-44(42,43)34(3,4)5)18-24-13-15-27(35)16-14-24/h13-16,22-23,25-26,28-31,38-39H,6-12,17-21H2,1-5H3,(H,36,41)(H,37,40)/t26-,28+,29+,30+,31-/m1/s1. The lowest BCUT2D eigenvalue weighted by atomic mass is 9.82. The highest BCUT2D eigenvalue weighted by atomic mass is 35.5. The van der Waals surface area contributed by atoms with Gasteiger partial charge in [0.15, 0.2) is 9.84 Å². The molecule has 0 spiro atoms. The molecule has 2 saturated carbocycles. The van der Waals surface area contributed by atoms with Crippen LogP contribution in [0.15, 0.2) is 24.3 Å². The number of sulfone groups is 1. The lowest BCUT2D eigenvalue weighted by Crippen LogP contribution is -2.56. The minimum atomic E-state index is -3.65. The molecular formula is C34H55ClN2O6S. The molecule has 4 N–H and O–H groups in total. The van der Waals surface area contributed by atoms with Gasteiger partial charge >= 0.3 is 0 Å². The molecule has 44 heavy (non-hydrogen) atoms. The number of aliphatic hydroxyl groups excluding tert-OH is 2. The van der Waals surface area contributed by atoms with Crippen LogP contribution < -0.4 is 10.6 Å². The van der Waals surface area contributed by atoms with Crippen LogP contribution in [0.5, 0.6) is 0 Å². The van der Waals surface area contributed by atoms with Gasteiger partial charge in [-0.3, -0.25) is 9.59 Å². The van der Waals surface area contributed by atoms with E-state index < -0.39 is 56.6 Å². The first-order valence-corrected chi connectivity index (χ1v) is 18.5. The van der Waals surface area contributed by atoms with E-state index in [1.54, 1.807) is 45.0 Å². The zero-order valence-corrected chi connectivity index (χ0v) is 28.8. The molecule has 2 fully saturated rings. The van der Waals surface area contributed by atoms with Gasteiger partial charge in [-0.2, -0.15) is 0 Å². The number of hydrogen-bond donors (Lipinski definition) is 4. The van der Waals surface area contributed by atoms with Crippen molar-refractivity contribution in [3.63, 3.8) is 0 Å². The summed E-state index contributed by atoms with van der Waals surface area (Å²) >= 11 is 6.05. The molecule has 2 amide bonds. The molecule has 250 valence electrons. The van der Waals surface area contributed by atoms with E-state index >= 15 is 0 Å². The van der Waals surface area contributed by atoms with Crippen molar-refractivity contribution in [2.24, 2.45) is 23.7 Å². The Morgan fingerprint density at radius 3 is 2.05 bits per heavy atom. The third-order valence-electron chi connectivity index (χ3n) is 9.18. The molecule has 3 rings (SSSR count). The Morgan fingerprint density at radius 1 is 0.909 bits per heavy atom. The highest BCUT2D eigenvalue weighted by molar-refractivity contribution is 7.92. The first-order chi connectivity index (χ1) is 20.6. The van der Waals surface area contributed by atoms with Gasteiger partial charge in [0, 0.05) is 5.02 Å². The Bertz CT molecular complexity index is 1170. The van der Waals surface area contributed by atoms with Crippen LogP contribution in [0, 0.1) is 23.7 Å². The van der Waals surface area contributed by atoms with Crippen LogP contribution in [0.4, 0.5) is 0 Å². The van der Waals surface area contributed by atoms with Crippen LogP contribution in [-0.2, 0) is 25.8 Å². The van der Waals surface area contributed by atoms with E-state index in [0.29, 0.717) is 36.1 Å². The minimum absolute atomic E-state index is 0.175. The second-order valence-electron chi connectivity index (χ2n) is 14.7. The Kier molecular flexibility index (Phi) is 13.6. The molecule has 2 aliphatic rings. The summed E-state index contributed by atoms with van der Waals surface area (Å²) < 4.78 is 25.4. The maximum absolute atomic E-state index is 13.9. The van der Waals surface area contributed by atoms with Crippen LogP contribution in [0.25, 0.3) is 0 Å². The Labute approximate surface area is 270 Å². The average Bonchev–Trinajstić information content (AvgIpc) is 3.76. The summed E-state index contributed by atoms with van der Waals surface area (Å²) in [6, 6.07) is 5.45. The monoisotopic (exact) mass is 654 g/mol. The van der Waals surface area contributed by atoms with E-state index in [9.17, 15) is 28.2 Å². The van der Waals surface area contributed by atoms with Gasteiger partial charge in [0.2, 0.25) is 11.8 Å². The predicted octanol–water partition coefficient (Wildman–Crippen LogP) is 5.22. The van der Waals surface area contributed by atoms with Crippen molar-refractivity contribution in [1.29, 1.82) is 0 Å². The fourth-order valence-electron chi connectivity index (χ4n) is 6.09. The van der Waals surface area contributed by atoms with Crippen LogP contribution in [-0.4, -0.2) is 65.2 Å². The number of carbonyl (C=O) groups excluding carboxylic acids is 2. The van der Waals surface area contributed by atoms with Gasteiger partial charge in [-0.15, -0.1) is 0 Å². The summed E-state index contributed by atoms with van der Waals surface area (Å²) in [5.41, 5.74) is 0.775. The summed E-state index contributed by atoms with van der Waals surface area (Å²) in [4.78, 5) is 27.7. The lowest BCUT2D eigenvalue weighted by molar-refractivity contribution is -0.132. The molecule has 10 heteroatoms. The highest BCUT2D eigenvalue weighted by Crippen LogP contribution is 2.34. The number of rotatable bonds is 16. The fraction of sp³-hybridized carbons (Fsp3) is 0.765. The van der Waals surface area contributed by atoms with E-state index in [2.05, 4.69) is 10.6 Å². The Balaban J connectivity index is 1.82. The van der Waals surface area contributed by atoms with E-state index in [4.69, 9.17) is 11.6 Å². The van der Waals surface area contributed by atoms with Gasteiger partial charge in [0.1, 0.15) is 12.1 Å². The second-order valence-corrected chi connectivity index (χ2v) is 17.9. The van der Waals surface area contributed by atoms with E-state index in [1.165, 1.54) is 6.42 Å². The van der Waals surface area contributed by atoms with Crippen molar-refractivity contribution in [2.75, 3.05) is 5.75 Å². The van der Waals surface area contributed by atoms with Crippen molar-refractivity contribution < 1.29 is 28.2 Å². The maximum Gasteiger partial charge on any atom is 0.242 e. The minimum Gasteiger partial charge on any atom is -0.390 e. The van der Waals surface area contributed by atoms with Crippen LogP contribution in [0.2, 0.25) is 5.02 Å². The largest absolute Gasteiger partial charge is 0.390 e. The highest BCUT2D eigenvalue weighted by Gasteiger charge is 2.38. The number of carbonyl (C=O) groups is 2. The predicted molar refractivity (Wildman–Crippen MR) is 176 cm³/mol. The molecule has 0 saturated heterocycles.